The molecule has 1 aliphatic carbocycles. The van der Waals surface area contributed by atoms with E-state index in [-0.39, 0.29) is 22.7 Å². The molecule has 0 aromatic heterocycles. The molecule has 0 spiro atoms. The summed E-state index contributed by atoms with van der Waals surface area (Å²) >= 11 is 1.75. The molecule has 2 amide bonds. The van der Waals surface area contributed by atoms with Crippen LogP contribution in [0.3, 0.4) is 0 Å². The van der Waals surface area contributed by atoms with E-state index in [2.05, 4.69) is 12.2 Å². The molecule has 3 fully saturated rings. The van der Waals surface area contributed by atoms with Crippen LogP contribution in [0.15, 0.2) is 0 Å². The van der Waals surface area contributed by atoms with Gasteiger partial charge >= 0.3 is 0 Å². The highest BCUT2D eigenvalue weighted by molar-refractivity contribution is 8.01. The first-order valence-corrected chi connectivity index (χ1v) is 6.85. The third-order valence-electron chi connectivity index (χ3n) is 3.67. The number of hydrogen-bond donors (Lipinski definition) is 1. The summed E-state index contributed by atoms with van der Waals surface area (Å²) in [7, 11) is 0. The minimum absolute atomic E-state index is 0.0500. The Balaban J connectivity index is 1.75. The van der Waals surface area contributed by atoms with Crippen LogP contribution >= 0.6 is 11.8 Å². The molecule has 0 radical (unpaired) electrons. The lowest BCUT2D eigenvalue weighted by Crippen LogP contribution is -2.50. The van der Waals surface area contributed by atoms with E-state index in [1.807, 2.05) is 4.90 Å². The van der Waals surface area contributed by atoms with Gasteiger partial charge in [0.25, 0.3) is 0 Å². The number of carbonyl (C=O) groups excluding carboxylic acids is 2. The van der Waals surface area contributed by atoms with E-state index in [1.165, 1.54) is 0 Å². The zero-order valence-corrected chi connectivity index (χ0v) is 10.2. The fourth-order valence-electron chi connectivity index (χ4n) is 2.54. The minimum atomic E-state index is -0.231. The van der Waals surface area contributed by atoms with Gasteiger partial charge in [0.1, 0.15) is 6.04 Å². The highest BCUT2D eigenvalue weighted by Gasteiger charge is 2.53. The molecule has 0 aromatic rings. The summed E-state index contributed by atoms with van der Waals surface area (Å²) in [5.74, 6) is 0.943. The summed E-state index contributed by atoms with van der Waals surface area (Å²) in [6.45, 7) is 2.08. The number of nitrogens with one attached hydrogen (secondary N) is 1. The van der Waals surface area contributed by atoms with Crippen molar-refractivity contribution in [3.63, 3.8) is 0 Å². The van der Waals surface area contributed by atoms with Crippen molar-refractivity contribution in [3.8, 4) is 0 Å². The van der Waals surface area contributed by atoms with E-state index in [0.29, 0.717) is 12.5 Å². The topological polar surface area (TPSA) is 49.4 Å². The van der Waals surface area contributed by atoms with Crippen LogP contribution in [0.1, 0.15) is 32.6 Å². The summed E-state index contributed by atoms with van der Waals surface area (Å²) in [5, 5.41) is 3.00. The van der Waals surface area contributed by atoms with Crippen molar-refractivity contribution < 1.29 is 9.59 Å². The van der Waals surface area contributed by atoms with E-state index in [0.717, 1.165) is 25.0 Å². The fourth-order valence-corrected chi connectivity index (χ4v) is 3.97. The Hall–Kier alpha value is -0.710. The Labute approximate surface area is 99.1 Å². The van der Waals surface area contributed by atoms with Gasteiger partial charge in [0.2, 0.25) is 11.8 Å². The van der Waals surface area contributed by atoms with Gasteiger partial charge in [-0.25, -0.2) is 0 Å². The first-order chi connectivity index (χ1) is 7.60. The Morgan fingerprint density at radius 1 is 1.56 bits per heavy atom. The molecule has 88 valence electrons. The van der Waals surface area contributed by atoms with E-state index in [4.69, 9.17) is 0 Å². The molecule has 4 nitrogen and oxygen atoms in total. The van der Waals surface area contributed by atoms with Gasteiger partial charge in [0.15, 0.2) is 0 Å². The molecule has 5 heteroatoms. The SMILES string of the molecule is CC12CCC(=O)N1C(C(=O)NC1CC1)CS2. The maximum absolute atomic E-state index is 12.0. The number of carbonyl (C=O) groups is 2. The molecule has 2 unspecified atom stereocenters. The molecular weight excluding hydrogens is 224 g/mol. The largest absolute Gasteiger partial charge is 0.352 e. The molecule has 2 aliphatic heterocycles. The molecule has 16 heavy (non-hydrogen) atoms. The van der Waals surface area contributed by atoms with Crippen molar-refractivity contribution in [2.75, 3.05) is 5.75 Å². The summed E-state index contributed by atoms with van der Waals surface area (Å²) in [4.78, 5) is 25.5. The summed E-state index contributed by atoms with van der Waals surface area (Å²) in [5.41, 5.74) is 0. The van der Waals surface area contributed by atoms with Crippen molar-refractivity contribution in [2.24, 2.45) is 0 Å². The van der Waals surface area contributed by atoms with Crippen LogP contribution in [0.5, 0.6) is 0 Å². The van der Waals surface area contributed by atoms with Crippen molar-refractivity contribution in [3.05, 3.63) is 0 Å². The van der Waals surface area contributed by atoms with Gasteiger partial charge in [0, 0.05) is 18.2 Å². The van der Waals surface area contributed by atoms with Crippen LogP contribution in [0.4, 0.5) is 0 Å². The lowest BCUT2D eigenvalue weighted by Gasteiger charge is -2.29. The number of nitrogens with zero attached hydrogens (tertiary/aromatic N) is 1. The molecular formula is C11H16N2O2S. The van der Waals surface area contributed by atoms with Gasteiger partial charge in [0.05, 0.1) is 4.87 Å². The van der Waals surface area contributed by atoms with Crippen LogP contribution in [0.25, 0.3) is 0 Å². The van der Waals surface area contributed by atoms with Gasteiger partial charge in [-0.1, -0.05) is 0 Å². The smallest absolute Gasteiger partial charge is 0.243 e. The number of rotatable bonds is 2. The molecule has 2 atom stereocenters. The average Bonchev–Trinajstić information content (AvgIpc) is 2.90. The Kier molecular flexibility index (Phi) is 2.21. The number of hydrogen-bond acceptors (Lipinski definition) is 3. The third kappa shape index (κ3) is 1.52. The molecule has 2 heterocycles. The molecule has 2 saturated heterocycles. The van der Waals surface area contributed by atoms with Gasteiger partial charge in [-0.15, -0.1) is 11.8 Å². The summed E-state index contributed by atoms with van der Waals surface area (Å²) in [6, 6.07) is 0.146. The molecule has 3 aliphatic rings. The molecule has 0 bridgehead atoms. The Morgan fingerprint density at radius 3 is 3.00 bits per heavy atom. The first kappa shape index (κ1) is 10.4. The van der Waals surface area contributed by atoms with Crippen LogP contribution in [-0.2, 0) is 9.59 Å². The van der Waals surface area contributed by atoms with Crippen LogP contribution < -0.4 is 5.32 Å². The van der Waals surface area contributed by atoms with Crippen LogP contribution in [-0.4, -0.2) is 39.4 Å². The second-order valence-electron chi connectivity index (χ2n) is 5.05. The zero-order valence-electron chi connectivity index (χ0n) is 9.36. The lowest BCUT2D eigenvalue weighted by molar-refractivity contribution is -0.138. The maximum atomic E-state index is 12.0. The van der Waals surface area contributed by atoms with Gasteiger partial charge in [-0.3, -0.25) is 9.59 Å². The second kappa shape index (κ2) is 3.39. The van der Waals surface area contributed by atoms with Gasteiger partial charge < -0.3 is 10.2 Å². The highest BCUT2D eigenvalue weighted by Crippen LogP contribution is 2.47. The molecule has 0 aromatic carbocycles. The predicted octanol–water partition coefficient (Wildman–Crippen LogP) is 0.719. The molecule has 3 rings (SSSR count). The fraction of sp³-hybridized carbons (Fsp3) is 0.818. The van der Waals surface area contributed by atoms with E-state index >= 15 is 0 Å². The van der Waals surface area contributed by atoms with Crippen LogP contribution in [0.2, 0.25) is 0 Å². The van der Waals surface area contributed by atoms with Crippen molar-refractivity contribution in [1.82, 2.24) is 10.2 Å². The normalized spacial score (nSPS) is 37.7. The van der Waals surface area contributed by atoms with E-state index in [1.54, 1.807) is 11.8 Å². The minimum Gasteiger partial charge on any atom is -0.352 e. The van der Waals surface area contributed by atoms with Gasteiger partial charge in [-0.2, -0.15) is 0 Å². The van der Waals surface area contributed by atoms with Crippen molar-refractivity contribution in [1.29, 1.82) is 0 Å². The van der Waals surface area contributed by atoms with E-state index in [9.17, 15) is 9.59 Å². The Morgan fingerprint density at radius 2 is 2.31 bits per heavy atom. The zero-order chi connectivity index (χ0) is 11.3. The molecule has 1 saturated carbocycles. The average molecular weight is 240 g/mol. The van der Waals surface area contributed by atoms with Crippen molar-refractivity contribution in [2.45, 2.75) is 49.6 Å². The van der Waals surface area contributed by atoms with Crippen molar-refractivity contribution >= 4 is 23.6 Å². The lowest BCUT2D eigenvalue weighted by atomic mass is 10.2. The maximum Gasteiger partial charge on any atom is 0.243 e. The van der Waals surface area contributed by atoms with E-state index < -0.39 is 0 Å². The summed E-state index contributed by atoms with van der Waals surface area (Å²) in [6.07, 6.45) is 3.66. The summed E-state index contributed by atoms with van der Waals surface area (Å²) < 4.78 is 0. The first-order valence-electron chi connectivity index (χ1n) is 5.87. The number of thioether (sulfide) groups is 1. The van der Waals surface area contributed by atoms with Crippen LogP contribution in [0, 0.1) is 0 Å². The monoisotopic (exact) mass is 240 g/mol. The number of amides is 2. The highest BCUT2D eigenvalue weighted by atomic mass is 32.2. The predicted molar refractivity (Wildman–Crippen MR) is 61.9 cm³/mol. The third-order valence-corrected chi connectivity index (χ3v) is 5.18. The second-order valence-corrected chi connectivity index (χ2v) is 6.55. The quantitative estimate of drug-likeness (QED) is 0.773. The van der Waals surface area contributed by atoms with Gasteiger partial charge in [-0.05, 0) is 26.2 Å². The Bertz CT molecular complexity index is 356. The number of fused-ring (bicyclic) bond motifs is 1. The standard InChI is InChI=1S/C11H16N2O2S/c1-11-5-4-9(14)13(11)8(6-16-11)10(15)12-7-2-3-7/h7-8H,2-6H2,1H3,(H,12,15). The molecule has 1 N–H and O–H groups in total.